The summed E-state index contributed by atoms with van der Waals surface area (Å²) in [6.45, 7) is 4.18. The van der Waals surface area contributed by atoms with E-state index in [-0.39, 0.29) is 36.7 Å². The standard InChI is InChI=1S/C25H33FN6O5S/c1-3-9-38-25-28-23(27-16-11-14(16)13-5-6-15(26)18(10-13)36-4-2)20-24(29-25)32(31-30-20)17-12-19(37-8-7-33)22(35)21(17)34/h5-6,10,14,16-17,19,21-22,33-35H,3-4,7-9,11-12H2,1-2H3,(H,27,28,29)/t14-,16+,17+,19-,21-,22+/m0/s1. The molecule has 6 atom stereocenters. The monoisotopic (exact) mass is 548 g/mol. The fraction of sp³-hybridized carbons (Fsp3) is 0.600. The Kier molecular flexibility index (Phi) is 8.29. The molecule has 2 saturated carbocycles. The van der Waals surface area contributed by atoms with E-state index in [1.807, 2.05) is 6.92 Å². The van der Waals surface area contributed by atoms with E-state index in [1.165, 1.54) is 22.5 Å². The second-order valence-corrected chi connectivity index (χ2v) is 10.6. The number of ether oxygens (including phenoxy) is 2. The Bertz CT molecular complexity index is 1260. The molecule has 4 N–H and O–H groups in total. The highest BCUT2D eigenvalue weighted by Gasteiger charge is 2.45. The number of benzene rings is 1. The van der Waals surface area contributed by atoms with Gasteiger partial charge in [0.1, 0.15) is 12.2 Å². The summed E-state index contributed by atoms with van der Waals surface area (Å²) in [6, 6.07) is 4.43. The van der Waals surface area contributed by atoms with E-state index >= 15 is 0 Å². The minimum Gasteiger partial charge on any atom is -0.491 e. The van der Waals surface area contributed by atoms with Crippen molar-refractivity contribution < 1.29 is 29.2 Å². The maximum Gasteiger partial charge on any atom is 0.191 e. The summed E-state index contributed by atoms with van der Waals surface area (Å²) in [5.74, 6) is 1.41. The number of anilines is 1. The van der Waals surface area contributed by atoms with Crippen molar-refractivity contribution in [1.29, 1.82) is 0 Å². The fourth-order valence-corrected chi connectivity index (χ4v) is 5.58. The third-order valence-corrected chi connectivity index (χ3v) is 7.92. The number of halogens is 1. The summed E-state index contributed by atoms with van der Waals surface area (Å²) in [5, 5.41) is 43.0. The maximum atomic E-state index is 14.0. The molecule has 0 bridgehead atoms. The lowest BCUT2D eigenvalue weighted by Gasteiger charge is -2.17. The van der Waals surface area contributed by atoms with Crippen molar-refractivity contribution in [2.45, 2.75) is 74.6 Å². The molecule has 38 heavy (non-hydrogen) atoms. The Balaban J connectivity index is 1.41. The molecule has 0 aliphatic heterocycles. The molecule has 0 amide bonds. The Labute approximate surface area is 223 Å². The Morgan fingerprint density at radius 3 is 2.79 bits per heavy atom. The van der Waals surface area contributed by atoms with Crippen molar-refractivity contribution >= 4 is 28.7 Å². The molecule has 0 saturated heterocycles. The van der Waals surface area contributed by atoms with Crippen LogP contribution in [0.1, 0.15) is 50.6 Å². The van der Waals surface area contributed by atoms with Crippen LogP contribution in [0.25, 0.3) is 11.2 Å². The molecule has 2 heterocycles. The lowest BCUT2D eigenvalue weighted by molar-refractivity contribution is -0.0629. The molecule has 0 unspecified atom stereocenters. The number of aliphatic hydroxyl groups is 3. The number of nitrogens with one attached hydrogen (secondary N) is 1. The number of aliphatic hydroxyl groups excluding tert-OH is 3. The van der Waals surface area contributed by atoms with Gasteiger partial charge >= 0.3 is 0 Å². The molecule has 2 fully saturated rings. The van der Waals surface area contributed by atoms with Gasteiger partial charge in [-0.25, -0.2) is 19.0 Å². The van der Waals surface area contributed by atoms with Crippen molar-refractivity contribution in [3.8, 4) is 5.75 Å². The van der Waals surface area contributed by atoms with Crippen molar-refractivity contribution in [3.63, 3.8) is 0 Å². The van der Waals surface area contributed by atoms with E-state index in [9.17, 15) is 14.6 Å². The van der Waals surface area contributed by atoms with E-state index in [0.29, 0.717) is 35.2 Å². The zero-order valence-corrected chi connectivity index (χ0v) is 22.1. The zero-order chi connectivity index (χ0) is 26.8. The SMILES string of the molecule is CCCSc1nc(N[C@@H]2C[C@H]2c2ccc(F)c(OCC)c2)c2nnn([C@@H]3C[C@H](OCCO)[C@@H](O)[C@H]3O)c2n1. The number of thioether (sulfide) groups is 1. The normalized spacial score (nSPS) is 26.7. The number of aromatic nitrogens is 5. The highest BCUT2D eigenvalue weighted by Crippen LogP contribution is 2.45. The molecule has 2 aliphatic carbocycles. The second-order valence-electron chi connectivity index (χ2n) is 9.54. The van der Waals surface area contributed by atoms with Crippen molar-refractivity contribution in [3.05, 3.63) is 29.6 Å². The Morgan fingerprint density at radius 1 is 1.18 bits per heavy atom. The molecule has 206 valence electrons. The van der Waals surface area contributed by atoms with Crippen LogP contribution >= 0.6 is 11.8 Å². The van der Waals surface area contributed by atoms with Gasteiger partial charge in [0.2, 0.25) is 0 Å². The van der Waals surface area contributed by atoms with Crippen molar-refractivity contribution in [1.82, 2.24) is 25.0 Å². The minimum absolute atomic E-state index is 0.0655. The highest BCUT2D eigenvalue weighted by atomic mass is 32.2. The number of nitrogens with zero attached hydrogens (tertiary/aromatic N) is 5. The average molecular weight is 549 g/mol. The van der Waals surface area contributed by atoms with Crippen LogP contribution in [0, 0.1) is 5.82 Å². The van der Waals surface area contributed by atoms with Gasteiger partial charge in [-0.2, -0.15) is 0 Å². The molecular formula is C25H33FN6O5S. The molecule has 3 aromatic rings. The summed E-state index contributed by atoms with van der Waals surface area (Å²) in [4.78, 5) is 9.40. The molecule has 11 nitrogen and oxygen atoms in total. The van der Waals surface area contributed by atoms with E-state index in [4.69, 9.17) is 19.6 Å². The summed E-state index contributed by atoms with van der Waals surface area (Å²) < 4.78 is 26.5. The zero-order valence-electron chi connectivity index (χ0n) is 21.3. The molecule has 2 aromatic heterocycles. The van der Waals surface area contributed by atoms with Crippen LogP contribution in [-0.4, -0.2) is 90.2 Å². The first kappa shape index (κ1) is 27.0. The predicted molar refractivity (Wildman–Crippen MR) is 139 cm³/mol. The number of rotatable bonds is 12. The number of fused-ring (bicyclic) bond motifs is 1. The lowest BCUT2D eigenvalue weighted by Crippen LogP contribution is -2.33. The fourth-order valence-electron chi connectivity index (χ4n) is 4.89. The third kappa shape index (κ3) is 5.43. The summed E-state index contributed by atoms with van der Waals surface area (Å²) in [5.41, 5.74) is 1.91. The van der Waals surface area contributed by atoms with Gasteiger partial charge in [0.25, 0.3) is 0 Å². The third-order valence-electron chi connectivity index (χ3n) is 6.87. The van der Waals surface area contributed by atoms with E-state index in [1.54, 1.807) is 12.1 Å². The Hall–Kier alpha value is -2.58. The van der Waals surface area contributed by atoms with Crippen LogP contribution in [0.5, 0.6) is 5.75 Å². The van der Waals surface area contributed by atoms with Crippen LogP contribution in [0.4, 0.5) is 10.2 Å². The number of hydrogen-bond acceptors (Lipinski definition) is 11. The second kappa shape index (κ2) is 11.7. The highest BCUT2D eigenvalue weighted by molar-refractivity contribution is 7.99. The minimum atomic E-state index is -1.13. The molecule has 5 rings (SSSR count). The van der Waals surface area contributed by atoms with Crippen LogP contribution in [0.15, 0.2) is 23.4 Å². The van der Waals surface area contributed by atoms with Crippen LogP contribution in [0.2, 0.25) is 0 Å². The molecule has 2 aliphatic rings. The molecule has 1 aromatic carbocycles. The largest absolute Gasteiger partial charge is 0.491 e. The van der Waals surface area contributed by atoms with Gasteiger partial charge in [0.15, 0.2) is 33.7 Å². The first-order valence-corrected chi connectivity index (χ1v) is 14.0. The molecule has 0 spiro atoms. The molecule has 0 radical (unpaired) electrons. The van der Waals surface area contributed by atoms with E-state index < -0.39 is 24.4 Å². The summed E-state index contributed by atoms with van der Waals surface area (Å²) in [7, 11) is 0. The van der Waals surface area contributed by atoms with Crippen molar-refractivity contribution in [2.24, 2.45) is 0 Å². The van der Waals surface area contributed by atoms with Gasteiger partial charge in [0, 0.05) is 24.1 Å². The van der Waals surface area contributed by atoms with E-state index in [2.05, 4.69) is 27.5 Å². The lowest BCUT2D eigenvalue weighted by atomic mass is 10.1. The molecular weight excluding hydrogens is 515 g/mol. The van der Waals surface area contributed by atoms with Crippen LogP contribution in [0.3, 0.4) is 0 Å². The first-order valence-electron chi connectivity index (χ1n) is 13.0. The quantitative estimate of drug-likeness (QED) is 0.195. The van der Waals surface area contributed by atoms with Gasteiger partial charge in [0.05, 0.1) is 32.0 Å². The molecule has 13 heteroatoms. The predicted octanol–water partition coefficient (Wildman–Crippen LogP) is 2.27. The van der Waals surface area contributed by atoms with Gasteiger partial charge in [-0.05, 0) is 37.5 Å². The average Bonchev–Trinajstić information content (AvgIpc) is 3.46. The van der Waals surface area contributed by atoms with Crippen LogP contribution < -0.4 is 10.1 Å². The van der Waals surface area contributed by atoms with Gasteiger partial charge in [-0.1, -0.05) is 30.0 Å². The summed E-state index contributed by atoms with van der Waals surface area (Å²) in [6.07, 6.45) is -0.814. The van der Waals surface area contributed by atoms with E-state index in [0.717, 1.165) is 24.2 Å². The van der Waals surface area contributed by atoms with Crippen LogP contribution in [-0.2, 0) is 4.74 Å². The smallest absolute Gasteiger partial charge is 0.191 e. The Morgan fingerprint density at radius 2 is 2.03 bits per heavy atom. The van der Waals surface area contributed by atoms with Crippen molar-refractivity contribution in [2.75, 3.05) is 30.9 Å². The van der Waals surface area contributed by atoms with Gasteiger partial charge < -0.3 is 30.1 Å². The van der Waals surface area contributed by atoms with Gasteiger partial charge in [-0.3, -0.25) is 0 Å². The maximum absolute atomic E-state index is 14.0. The first-order chi connectivity index (χ1) is 18.4. The summed E-state index contributed by atoms with van der Waals surface area (Å²) >= 11 is 1.52. The van der Waals surface area contributed by atoms with Gasteiger partial charge in [-0.15, -0.1) is 5.10 Å². The number of hydrogen-bond donors (Lipinski definition) is 4. The topological polar surface area (TPSA) is 148 Å².